The van der Waals surface area contributed by atoms with Gasteiger partial charge < -0.3 is 24.3 Å². The first-order valence-electron chi connectivity index (χ1n) is 9.19. The highest BCUT2D eigenvalue weighted by Gasteiger charge is 2.77. The molecule has 29 heavy (non-hydrogen) atoms. The number of nitrogens with one attached hydrogen (secondary N) is 2. The molecule has 3 unspecified atom stereocenters. The standard InChI is InChI=1S/C18H20N2O5S4/c21-14-13(19-15(22)20-14)17(7-25-17)18(3-5-24-18)16(2-1-4-23-16)8-6-9(26)11(28)12(29)10(8)27/h6,21,26-29H,1-5,7H2,(H2,19,20,22). The number of rotatable bonds is 4. The fourth-order valence-corrected chi connectivity index (χ4v) is 6.11. The number of ether oxygens (including phenoxy) is 3. The molecule has 3 fully saturated rings. The molecule has 1 aromatic heterocycles. The van der Waals surface area contributed by atoms with Gasteiger partial charge >= 0.3 is 5.69 Å². The average molecular weight is 473 g/mol. The minimum Gasteiger partial charge on any atom is -0.493 e. The molecular weight excluding hydrogens is 452 g/mol. The molecule has 0 spiro atoms. The Balaban J connectivity index is 1.75. The van der Waals surface area contributed by atoms with Gasteiger partial charge in [-0.15, -0.1) is 50.5 Å². The number of benzene rings is 1. The van der Waals surface area contributed by atoms with Crippen molar-refractivity contribution in [3.63, 3.8) is 0 Å². The molecule has 0 radical (unpaired) electrons. The van der Waals surface area contributed by atoms with E-state index in [1.54, 1.807) is 0 Å². The van der Waals surface area contributed by atoms with Crippen LogP contribution in [0.3, 0.4) is 0 Å². The van der Waals surface area contributed by atoms with Crippen LogP contribution in [0.1, 0.15) is 30.5 Å². The molecule has 3 aliphatic heterocycles. The van der Waals surface area contributed by atoms with E-state index in [4.69, 9.17) is 26.8 Å². The number of hydrogen-bond acceptors (Lipinski definition) is 9. The monoisotopic (exact) mass is 472 g/mol. The number of aromatic nitrogens is 2. The van der Waals surface area contributed by atoms with E-state index in [9.17, 15) is 9.90 Å². The predicted molar refractivity (Wildman–Crippen MR) is 116 cm³/mol. The summed E-state index contributed by atoms with van der Waals surface area (Å²) in [6.07, 6.45) is 2.10. The van der Waals surface area contributed by atoms with E-state index < -0.39 is 22.5 Å². The zero-order valence-corrected chi connectivity index (χ0v) is 18.8. The van der Waals surface area contributed by atoms with Gasteiger partial charge in [-0.05, 0) is 18.9 Å². The highest BCUT2D eigenvalue weighted by Crippen LogP contribution is 2.66. The molecule has 0 bridgehead atoms. The molecule has 3 aliphatic rings. The van der Waals surface area contributed by atoms with Crippen molar-refractivity contribution >= 4 is 50.5 Å². The number of hydrogen-bond donors (Lipinski definition) is 7. The second-order valence-corrected chi connectivity index (χ2v) is 9.44. The van der Waals surface area contributed by atoms with Crippen LogP contribution in [0.15, 0.2) is 30.4 Å². The number of imidazole rings is 1. The van der Waals surface area contributed by atoms with Gasteiger partial charge in [0, 0.05) is 38.2 Å². The van der Waals surface area contributed by atoms with E-state index >= 15 is 0 Å². The lowest BCUT2D eigenvalue weighted by Gasteiger charge is -2.56. The van der Waals surface area contributed by atoms with Gasteiger partial charge in [0.15, 0.2) is 5.60 Å². The van der Waals surface area contributed by atoms with Crippen molar-refractivity contribution in [2.75, 3.05) is 19.8 Å². The molecule has 7 nitrogen and oxygen atoms in total. The van der Waals surface area contributed by atoms with Crippen molar-refractivity contribution in [3.05, 3.63) is 27.8 Å². The fraction of sp³-hybridized carbons (Fsp3) is 0.500. The normalized spacial score (nSPS) is 33.7. The molecule has 0 saturated carbocycles. The fourth-order valence-electron chi connectivity index (χ4n) is 4.92. The Morgan fingerprint density at radius 3 is 2.14 bits per heavy atom. The molecule has 0 aliphatic carbocycles. The first-order chi connectivity index (χ1) is 13.8. The van der Waals surface area contributed by atoms with Crippen LogP contribution in [0.2, 0.25) is 0 Å². The first kappa shape index (κ1) is 20.2. The molecule has 3 N–H and O–H groups in total. The van der Waals surface area contributed by atoms with Crippen molar-refractivity contribution in [1.82, 2.24) is 9.97 Å². The van der Waals surface area contributed by atoms with Crippen molar-refractivity contribution < 1.29 is 19.3 Å². The lowest BCUT2D eigenvalue weighted by molar-refractivity contribution is -0.293. The minimum absolute atomic E-state index is 0.253. The van der Waals surface area contributed by atoms with Crippen LogP contribution in [0.25, 0.3) is 0 Å². The highest BCUT2D eigenvalue weighted by atomic mass is 32.1. The van der Waals surface area contributed by atoms with E-state index in [-0.39, 0.29) is 18.2 Å². The SMILES string of the molecule is O=c1[nH]c(O)c(C2(C3(C4(c5cc(S)c(S)c(S)c5S)CCCO4)CCO3)CO2)[nH]1. The zero-order valence-electron chi connectivity index (χ0n) is 15.2. The summed E-state index contributed by atoms with van der Waals surface area (Å²) in [6, 6.07) is 1.89. The van der Waals surface area contributed by atoms with Crippen molar-refractivity contribution in [2.24, 2.45) is 0 Å². The van der Waals surface area contributed by atoms with Crippen LogP contribution in [0, 0.1) is 0 Å². The molecule has 3 atom stereocenters. The van der Waals surface area contributed by atoms with Gasteiger partial charge in [-0.25, -0.2) is 4.79 Å². The molecule has 1 aromatic carbocycles. The second kappa shape index (κ2) is 6.65. The molecule has 3 saturated heterocycles. The summed E-state index contributed by atoms with van der Waals surface area (Å²) in [5, 5.41) is 10.4. The molecule has 2 aromatic rings. The van der Waals surface area contributed by atoms with Gasteiger partial charge in [-0.1, -0.05) is 0 Å². The van der Waals surface area contributed by atoms with Crippen LogP contribution in [-0.4, -0.2) is 40.5 Å². The first-order valence-corrected chi connectivity index (χ1v) is 11.0. The van der Waals surface area contributed by atoms with Crippen LogP contribution < -0.4 is 5.69 Å². The number of thiol groups is 4. The summed E-state index contributed by atoms with van der Waals surface area (Å²) in [7, 11) is 0. The van der Waals surface area contributed by atoms with E-state index in [1.807, 2.05) is 6.07 Å². The Morgan fingerprint density at radius 2 is 1.66 bits per heavy atom. The van der Waals surface area contributed by atoms with E-state index in [1.165, 1.54) is 0 Å². The van der Waals surface area contributed by atoms with Gasteiger partial charge in [0.1, 0.15) is 16.9 Å². The topological polar surface area (TPSA) is 99.9 Å². The third kappa shape index (κ3) is 2.52. The quantitative estimate of drug-likeness (QED) is 0.274. The Morgan fingerprint density at radius 1 is 0.931 bits per heavy atom. The zero-order chi connectivity index (χ0) is 20.6. The Bertz CT molecular complexity index is 1050. The maximum absolute atomic E-state index is 11.8. The van der Waals surface area contributed by atoms with Crippen molar-refractivity contribution in [2.45, 2.75) is 55.6 Å². The lowest BCUT2D eigenvalue weighted by Crippen LogP contribution is -2.67. The second-order valence-electron chi connectivity index (χ2n) is 7.61. The molecule has 156 valence electrons. The highest BCUT2D eigenvalue weighted by molar-refractivity contribution is 7.86. The number of epoxide rings is 1. The number of aromatic hydroxyl groups is 1. The van der Waals surface area contributed by atoms with Crippen molar-refractivity contribution in [1.29, 1.82) is 0 Å². The average Bonchev–Trinajstić information content (AvgIpc) is 3.14. The Labute approximate surface area is 188 Å². The largest absolute Gasteiger partial charge is 0.493 e. The lowest BCUT2D eigenvalue weighted by atomic mass is 9.63. The summed E-state index contributed by atoms with van der Waals surface area (Å²) in [5.74, 6) is -0.253. The van der Waals surface area contributed by atoms with Crippen LogP contribution in [-0.2, 0) is 25.4 Å². The maximum Gasteiger partial charge on any atom is 0.326 e. The van der Waals surface area contributed by atoms with Crippen LogP contribution in [0.5, 0.6) is 5.88 Å². The molecular formula is C18H20N2O5S4. The third-order valence-electron chi connectivity index (χ3n) is 6.34. The summed E-state index contributed by atoms with van der Waals surface area (Å²) >= 11 is 18.3. The summed E-state index contributed by atoms with van der Waals surface area (Å²) in [5.41, 5.74) is -2.33. The summed E-state index contributed by atoms with van der Waals surface area (Å²) < 4.78 is 18.6. The van der Waals surface area contributed by atoms with E-state index in [0.717, 1.165) is 12.0 Å². The minimum atomic E-state index is -1.04. The van der Waals surface area contributed by atoms with Crippen LogP contribution >= 0.6 is 50.5 Å². The summed E-state index contributed by atoms with van der Waals surface area (Å²) in [6.45, 7) is 1.34. The Kier molecular flexibility index (Phi) is 4.64. The van der Waals surface area contributed by atoms with Gasteiger partial charge in [0.2, 0.25) is 5.88 Å². The summed E-state index contributed by atoms with van der Waals surface area (Å²) in [4.78, 5) is 19.4. The number of aromatic amines is 2. The van der Waals surface area contributed by atoms with Crippen LogP contribution in [0.4, 0.5) is 0 Å². The molecule has 0 amide bonds. The van der Waals surface area contributed by atoms with Gasteiger partial charge in [0.25, 0.3) is 0 Å². The van der Waals surface area contributed by atoms with Gasteiger partial charge in [0.05, 0.1) is 13.2 Å². The molecule has 5 rings (SSSR count). The predicted octanol–water partition coefficient (Wildman–Crippen LogP) is 2.65. The maximum atomic E-state index is 11.8. The van der Waals surface area contributed by atoms with E-state index in [2.05, 4.69) is 47.9 Å². The number of H-pyrrole nitrogens is 2. The molecule has 11 heteroatoms. The Hall–Kier alpha value is -0.690. The van der Waals surface area contributed by atoms with Gasteiger partial charge in [-0.3, -0.25) is 4.98 Å². The third-order valence-corrected chi connectivity index (χ3v) is 8.59. The van der Waals surface area contributed by atoms with E-state index in [0.29, 0.717) is 45.6 Å². The van der Waals surface area contributed by atoms with Crippen molar-refractivity contribution in [3.8, 4) is 5.88 Å². The van der Waals surface area contributed by atoms with Gasteiger partial charge in [-0.2, -0.15) is 0 Å². The smallest absolute Gasteiger partial charge is 0.326 e. The molecule has 4 heterocycles.